The van der Waals surface area contributed by atoms with Gasteiger partial charge in [0.15, 0.2) is 0 Å². The maximum atomic E-state index is 11.0. The Morgan fingerprint density at radius 3 is 3.19 bits per heavy atom. The van der Waals surface area contributed by atoms with Crippen molar-refractivity contribution >= 4 is 18.1 Å². The summed E-state index contributed by atoms with van der Waals surface area (Å²) in [7, 11) is 0. The van der Waals surface area contributed by atoms with Crippen LogP contribution in [-0.4, -0.2) is 22.0 Å². The predicted octanol–water partition coefficient (Wildman–Crippen LogP) is -1.32. The number of fused-ring (bicyclic) bond motifs is 2. The van der Waals surface area contributed by atoms with Crippen LogP contribution in [0.25, 0.3) is 12.2 Å². The Labute approximate surface area is 90.6 Å². The van der Waals surface area contributed by atoms with E-state index in [1.807, 2.05) is 12.2 Å². The molecule has 2 aliphatic rings. The van der Waals surface area contributed by atoms with Gasteiger partial charge in [-0.15, -0.1) is 0 Å². The van der Waals surface area contributed by atoms with E-state index >= 15 is 0 Å². The van der Waals surface area contributed by atoms with Gasteiger partial charge in [0.2, 0.25) is 0 Å². The van der Waals surface area contributed by atoms with Crippen LogP contribution in [-0.2, 0) is 9.53 Å². The molecule has 0 fully saturated rings. The van der Waals surface area contributed by atoms with Crippen LogP contribution in [0.2, 0.25) is 0 Å². The molecular formula is C11H9N3O2. The molecular weight excluding hydrogens is 206 g/mol. The van der Waals surface area contributed by atoms with Gasteiger partial charge in [-0.05, 0) is 23.8 Å². The highest BCUT2D eigenvalue weighted by molar-refractivity contribution is 5.95. The molecule has 0 aromatic carbocycles. The number of carbonyl (C=O) groups excluding carboxylic acids is 1. The van der Waals surface area contributed by atoms with E-state index < -0.39 is 5.91 Å². The van der Waals surface area contributed by atoms with Gasteiger partial charge in [-0.3, -0.25) is 4.79 Å². The minimum absolute atomic E-state index is 0.182. The van der Waals surface area contributed by atoms with Crippen molar-refractivity contribution in [1.29, 1.82) is 0 Å². The Kier molecular flexibility index (Phi) is 1.73. The molecule has 3 rings (SSSR count). The maximum Gasteiger partial charge on any atom is 0.251 e. The molecule has 0 saturated heterocycles. The zero-order valence-corrected chi connectivity index (χ0v) is 8.31. The van der Waals surface area contributed by atoms with Crippen molar-refractivity contribution in [3.8, 4) is 0 Å². The van der Waals surface area contributed by atoms with E-state index in [4.69, 9.17) is 10.5 Å². The first-order valence-electron chi connectivity index (χ1n) is 4.84. The summed E-state index contributed by atoms with van der Waals surface area (Å²) in [6.07, 6.45) is 8.36. The molecule has 3 N–H and O–H groups in total. The number of aromatic nitrogens is 2. The molecule has 1 unspecified atom stereocenters. The second-order valence-corrected chi connectivity index (χ2v) is 3.65. The number of primary amides is 1. The van der Waals surface area contributed by atoms with Crippen molar-refractivity contribution < 1.29 is 9.53 Å². The van der Waals surface area contributed by atoms with Crippen LogP contribution in [0, 0.1) is 0 Å². The average molecular weight is 215 g/mol. The van der Waals surface area contributed by atoms with Crippen LogP contribution in [0.3, 0.4) is 0 Å². The lowest BCUT2D eigenvalue weighted by molar-refractivity contribution is -0.114. The number of ether oxygens (including phenoxy) is 1. The van der Waals surface area contributed by atoms with Gasteiger partial charge in [0, 0.05) is 0 Å². The van der Waals surface area contributed by atoms with Crippen molar-refractivity contribution in [2.45, 2.75) is 6.10 Å². The summed E-state index contributed by atoms with van der Waals surface area (Å²) in [6, 6.07) is 0. The number of aromatic amines is 1. The number of carbonyl (C=O) groups is 1. The van der Waals surface area contributed by atoms with Crippen LogP contribution in [0.5, 0.6) is 0 Å². The first kappa shape index (κ1) is 8.96. The summed E-state index contributed by atoms with van der Waals surface area (Å²) in [6.45, 7) is 0. The molecule has 1 aliphatic heterocycles. The van der Waals surface area contributed by atoms with Crippen molar-refractivity contribution in [3.05, 3.63) is 40.5 Å². The Hall–Kier alpha value is -2.30. The minimum Gasteiger partial charge on any atom is -0.488 e. The maximum absolute atomic E-state index is 11.0. The number of imidazole rings is 1. The molecule has 1 aromatic rings. The van der Waals surface area contributed by atoms with E-state index in [0.717, 1.165) is 16.3 Å². The first-order valence-corrected chi connectivity index (χ1v) is 4.84. The van der Waals surface area contributed by atoms with Crippen LogP contribution in [0.1, 0.15) is 0 Å². The zero-order chi connectivity index (χ0) is 11.1. The van der Waals surface area contributed by atoms with E-state index in [0.29, 0.717) is 5.57 Å². The van der Waals surface area contributed by atoms with Gasteiger partial charge < -0.3 is 15.5 Å². The molecule has 2 heterocycles. The molecule has 0 spiro atoms. The predicted molar refractivity (Wildman–Crippen MR) is 57.0 cm³/mol. The van der Waals surface area contributed by atoms with E-state index in [2.05, 4.69) is 9.97 Å². The highest BCUT2D eigenvalue weighted by atomic mass is 16.5. The number of nitrogens with one attached hydrogen (secondary N) is 1. The number of H-pyrrole nitrogens is 1. The molecule has 1 aliphatic carbocycles. The number of nitrogens with zero attached hydrogens (tertiary/aromatic N) is 1. The molecule has 0 saturated carbocycles. The van der Waals surface area contributed by atoms with Gasteiger partial charge in [0.25, 0.3) is 5.91 Å². The van der Waals surface area contributed by atoms with Gasteiger partial charge in [-0.2, -0.15) is 0 Å². The molecule has 0 bridgehead atoms. The number of nitrogens with two attached hydrogens (primary N) is 1. The summed E-state index contributed by atoms with van der Waals surface area (Å²) in [4.78, 5) is 18.2. The molecule has 80 valence electrons. The number of hydrogen-bond acceptors (Lipinski definition) is 3. The van der Waals surface area contributed by atoms with Crippen molar-refractivity contribution in [2.24, 2.45) is 5.73 Å². The summed E-state index contributed by atoms with van der Waals surface area (Å²) in [5.41, 5.74) is 6.46. The fraction of sp³-hybridized carbons (Fsp3) is 0.0909. The quantitative estimate of drug-likeness (QED) is 0.609. The van der Waals surface area contributed by atoms with Crippen LogP contribution in [0.4, 0.5) is 0 Å². The van der Waals surface area contributed by atoms with Gasteiger partial charge in [-0.1, -0.05) is 0 Å². The van der Waals surface area contributed by atoms with Crippen LogP contribution < -0.4 is 16.4 Å². The van der Waals surface area contributed by atoms with Crippen molar-refractivity contribution in [3.63, 3.8) is 0 Å². The van der Waals surface area contributed by atoms with E-state index in [9.17, 15) is 4.79 Å². The monoisotopic (exact) mass is 215 g/mol. The fourth-order valence-corrected chi connectivity index (χ4v) is 1.78. The molecule has 16 heavy (non-hydrogen) atoms. The molecule has 1 amide bonds. The Morgan fingerprint density at radius 1 is 1.50 bits per heavy atom. The number of hydrogen-bond donors (Lipinski definition) is 2. The lowest BCUT2D eigenvalue weighted by Gasteiger charge is -2.20. The van der Waals surface area contributed by atoms with Gasteiger partial charge in [0.1, 0.15) is 6.10 Å². The molecule has 0 radical (unpaired) electrons. The molecule has 5 nitrogen and oxygen atoms in total. The third-order valence-corrected chi connectivity index (χ3v) is 2.60. The van der Waals surface area contributed by atoms with Gasteiger partial charge >= 0.3 is 0 Å². The van der Waals surface area contributed by atoms with Crippen molar-refractivity contribution in [1.82, 2.24) is 9.97 Å². The summed E-state index contributed by atoms with van der Waals surface area (Å²) < 4.78 is 5.41. The second-order valence-electron chi connectivity index (χ2n) is 3.65. The van der Waals surface area contributed by atoms with E-state index in [1.165, 1.54) is 6.26 Å². The van der Waals surface area contributed by atoms with E-state index in [-0.39, 0.29) is 6.10 Å². The Morgan fingerprint density at radius 2 is 2.38 bits per heavy atom. The summed E-state index contributed by atoms with van der Waals surface area (Å²) in [5.74, 6) is -0.491. The van der Waals surface area contributed by atoms with Crippen LogP contribution >= 0.6 is 0 Å². The highest BCUT2D eigenvalue weighted by Crippen LogP contribution is 2.20. The summed E-state index contributed by atoms with van der Waals surface area (Å²) in [5, 5.41) is 1.77. The van der Waals surface area contributed by atoms with E-state index in [1.54, 1.807) is 12.4 Å². The Bertz CT molecular complexity index is 636. The number of amides is 1. The topological polar surface area (TPSA) is 81.0 Å². The smallest absolute Gasteiger partial charge is 0.251 e. The average Bonchev–Trinajstić information content (AvgIpc) is 2.71. The number of rotatable bonds is 1. The molecule has 5 heteroatoms. The molecule has 1 aromatic heterocycles. The highest BCUT2D eigenvalue weighted by Gasteiger charge is 2.20. The van der Waals surface area contributed by atoms with Gasteiger partial charge in [-0.25, -0.2) is 4.98 Å². The van der Waals surface area contributed by atoms with Gasteiger partial charge in [0.05, 0.1) is 28.9 Å². The normalized spacial score (nSPS) is 21.4. The molecule has 1 atom stereocenters. The lowest BCUT2D eigenvalue weighted by atomic mass is 10.0. The Balaban J connectivity index is 2.13. The fourth-order valence-electron chi connectivity index (χ4n) is 1.78. The third-order valence-electron chi connectivity index (χ3n) is 2.60. The largest absolute Gasteiger partial charge is 0.488 e. The minimum atomic E-state index is -0.491. The summed E-state index contributed by atoms with van der Waals surface area (Å²) >= 11 is 0. The van der Waals surface area contributed by atoms with Crippen LogP contribution in [0.15, 0.2) is 29.8 Å². The standard InChI is InChI=1S/C11H9N3O2/c12-11(15)7-1-6-2-8-9(14-5-13-8)3-10(6)16-4-7/h1-5,10H,(H2,12,15)(H,13,14). The lowest BCUT2D eigenvalue weighted by Crippen LogP contribution is -2.34. The van der Waals surface area contributed by atoms with Crippen molar-refractivity contribution in [2.75, 3.05) is 0 Å². The second kappa shape index (κ2) is 3.10. The SMILES string of the molecule is NC(=O)C1=COC2C=c3nc[nH]c3=CC2=C1. The first-order chi connectivity index (χ1) is 7.74. The third kappa shape index (κ3) is 1.25. The zero-order valence-electron chi connectivity index (χ0n) is 8.31.